The number of carbonyl (C=O) groups is 1. The summed E-state index contributed by atoms with van der Waals surface area (Å²) in [7, 11) is 0. The lowest BCUT2D eigenvalue weighted by Gasteiger charge is -2.32. The van der Waals surface area contributed by atoms with Crippen LogP contribution in [0.2, 0.25) is 0 Å². The van der Waals surface area contributed by atoms with Gasteiger partial charge in [-0.15, -0.1) is 0 Å². The van der Waals surface area contributed by atoms with Crippen LogP contribution in [-0.2, 0) is 0 Å². The van der Waals surface area contributed by atoms with Crippen molar-refractivity contribution in [3.05, 3.63) is 28.8 Å². The standard InChI is InChI=1S/C15H22N2O2/c1-10-6-11(2)14(16)7-13(10)15(19)17-5-3-4-12(8-17)9-18/h6-7,12,18H,3-5,8-9,16H2,1-2H3. The Morgan fingerprint density at radius 2 is 2.16 bits per heavy atom. The number of aliphatic hydroxyl groups excluding tert-OH is 1. The molecule has 1 amide bonds. The summed E-state index contributed by atoms with van der Waals surface area (Å²) in [6, 6.07) is 3.73. The van der Waals surface area contributed by atoms with Gasteiger partial charge < -0.3 is 15.7 Å². The van der Waals surface area contributed by atoms with Crippen molar-refractivity contribution in [3.8, 4) is 0 Å². The van der Waals surface area contributed by atoms with E-state index in [1.54, 1.807) is 6.07 Å². The van der Waals surface area contributed by atoms with E-state index in [0.717, 1.165) is 30.5 Å². The highest BCUT2D eigenvalue weighted by atomic mass is 16.3. The lowest BCUT2D eigenvalue weighted by molar-refractivity contribution is 0.0620. The number of nitrogens with two attached hydrogens (primary N) is 1. The summed E-state index contributed by atoms with van der Waals surface area (Å²) in [6.07, 6.45) is 1.95. The Labute approximate surface area is 114 Å². The number of rotatable bonds is 2. The van der Waals surface area contributed by atoms with E-state index in [1.165, 1.54) is 0 Å². The van der Waals surface area contributed by atoms with Gasteiger partial charge in [0.15, 0.2) is 0 Å². The van der Waals surface area contributed by atoms with Gasteiger partial charge in [-0.1, -0.05) is 6.07 Å². The number of nitrogens with zero attached hydrogens (tertiary/aromatic N) is 1. The number of piperidine rings is 1. The molecule has 1 aromatic carbocycles. The largest absolute Gasteiger partial charge is 0.398 e. The highest BCUT2D eigenvalue weighted by Crippen LogP contribution is 2.22. The molecule has 1 fully saturated rings. The smallest absolute Gasteiger partial charge is 0.254 e. The Bertz CT molecular complexity index is 485. The summed E-state index contributed by atoms with van der Waals surface area (Å²) in [4.78, 5) is 14.4. The van der Waals surface area contributed by atoms with Crippen molar-refractivity contribution in [2.75, 3.05) is 25.4 Å². The van der Waals surface area contributed by atoms with Gasteiger partial charge in [0.2, 0.25) is 0 Å². The van der Waals surface area contributed by atoms with Gasteiger partial charge in [-0.2, -0.15) is 0 Å². The Morgan fingerprint density at radius 3 is 2.84 bits per heavy atom. The normalized spacial score (nSPS) is 19.5. The summed E-state index contributed by atoms with van der Waals surface area (Å²) in [5.41, 5.74) is 9.20. The van der Waals surface area contributed by atoms with Crippen LogP contribution in [0.4, 0.5) is 5.69 Å². The number of aryl methyl sites for hydroxylation is 2. The second-order valence-corrected chi connectivity index (χ2v) is 5.47. The van der Waals surface area contributed by atoms with Gasteiger partial charge >= 0.3 is 0 Å². The fourth-order valence-electron chi connectivity index (χ4n) is 2.67. The molecule has 0 bridgehead atoms. The molecule has 0 saturated carbocycles. The molecule has 104 valence electrons. The fourth-order valence-corrected chi connectivity index (χ4v) is 2.67. The zero-order valence-corrected chi connectivity index (χ0v) is 11.6. The number of carbonyl (C=O) groups excluding carboxylic acids is 1. The van der Waals surface area contributed by atoms with Crippen molar-refractivity contribution in [3.63, 3.8) is 0 Å². The van der Waals surface area contributed by atoms with E-state index in [4.69, 9.17) is 5.73 Å². The molecule has 3 N–H and O–H groups in total. The topological polar surface area (TPSA) is 66.6 Å². The minimum absolute atomic E-state index is 0.0300. The van der Waals surface area contributed by atoms with E-state index in [2.05, 4.69) is 0 Å². The predicted octanol–water partition coefficient (Wildman–Crippen LogP) is 1.73. The predicted molar refractivity (Wildman–Crippen MR) is 76.0 cm³/mol. The summed E-state index contributed by atoms with van der Waals surface area (Å²) < 4.78 is 0. The quantitative estimate of drug-likeness (QED) is 0.798. The van der Waals surface area contributed by atoms with Gasteiger partial charge in [-0.25, -0.2) is 0 Å². The average molecular weight is 262 g/mol. The third-order valence-electron chi connectivity index (χ3n) is 3.91. The van der Waals surface area contributed by atoms with Gasteiger partial charge in [0, 0.05) is 30.9 Å². The molecule has 2 rings (SSSR count). The van der Waals surface area contributed by atoms with Crippen molar-refractivity contribution >= 4 is 11.6 Å². The first-order chi connectivity index (χ1) is 9.02. The third-order valence-corrected chi connectivity index (χ3v) is 3.91. The molecule has 1 atom stereocenters. The maximum Gasteiger partial charge on any atom is 0.254 e. The molecule has 19 heavy (non-hydrogen) atoms. The van der Waals surface area contributed by atoms with E-state index in [0.29, 0.717) is 17.8 Å². The number of nitrogen functional groups attached to an aromatic ring is 1. The average Bonchev–Trinajstić information content (AvgIpc) is 2.42. The second kappa shape index (κ2) is 5.61. The number of aliphatic hydroxyl groups is 1. The second-order valence-electron chi connectivity index (χ2n) is 5.47. The summed E-state index contributed by atoms with van der Waals surface area (Å²) in [5.74, 6) is 0.239. The van der Waals surface area contributed by atoms with E-state index in [1.807, 2.05) is 24.8 Å². The molecule has 0 radical (unpaired) electrons. The van der Waals surface area contributed by atoms with Crippen LogP contribution in [0.3, 0.4) is 0 Å². The summed E-state index contributed by atoms with van der Waals surface area (Å²) in [6.45, 7) is 5.44. The van der Waals surface area contributed by atoms with Crippen LogP contribution >= 0.6 is 0 Å². The molecule has 4 nitrogen and oxygen atoms in total. The molecule has 1 aliphatic rings. The van der Waals surface area contributed by atoms with Crippen LogP contribution in [-0.4, -0.2) is 35.6 Å². The Balaban J connectivity index is 2.22. The molecule has 4 heteroatoms. The maximum absolute atomic E-state index is 12.5. The third kappa shape index (κ3) is 2.89. The molecule has 1 aliphatic heterocycles. The molecule has 1 saturated heterocycles. The number of benzene rings is 1. The van der Waals surface area contributed by atoms with Crippen molar-refractivity contribution < 1.29 is 9.90 Å². The SMILES string of the molecule is Cc1cc(C)c(C(=O)N2CCCC(CO)C2)cc1N. The molecular formula is C15H22N2O2. The molecule has 1 heterocycles. The van der Waals surface area contributed by atoms with Crippen molar-refractivity contribution in [1.82, 2.24) is 4.90 Å². The van der Waals surface area contributed by atoms with Crippen molar-refractivity contribution in [2.24, 2.45) is 5.92 Å². The molecule has 1 aromatic rings. The first-order valence-electron chi connectivity index (χ1n) is 6.79. The molecule has 0 aromatic heterocycles. The first-order valence-corrected chi connectivity index (χ1v) is 6.79. The zero-order chi connectivity index (χ0) is 14.0. The van der Waals surface area contributed by atoms with E-state index < -0.39 is 0 Å². The van der Waals surface area contributed by atoms with E-state index in [-0.39, 0.29) is 18.4 Å². The lowest BCUT2D eigenvalue weighted by atomic mass is 9.97. The van der Waals surface area contributed by atoms with Gasteiger partial charge in [0.1, 0.15) is 0 Å². The Hall–Kier alpha value is -1.55. The number of hydrogen-bond donors (Lipinski definition) is 2. The number of anilines is 1. The number of amides is 1. The minimum atomic E-state index is 0.0300. The molecule has 0 spiro atoms. The van der Waals surface area contributed by atoms with Crippen molar-refractivity contribution in [1.29, 1.82) is 0 Å². The Kier molecular flexibility index (Phi) is 4.10. The first kappa shape index (κ1) is 13.9. The van der Waals surface area contributed by atoms with Crippen molar-refractivity contribution in [2.45, 2.75) is 26.7 Å². The highest BCUT2D eigenvalue weighted by molar-refractivity contribution is 5.96. The van der Waals surface area contributed by atoms with Gasteiger partial charge in [0.25, 0.3) is 5.91 Å². The van der Waals surface area contributed by atoms with E-state index in [9.17, 15) is 9.90 Å². The summed E-state index contributed by atoms with van der Waals surface area (Å²) >= 11 is 0. The summed E-state index contributed by atoms with van der Waals surface area (Å²) in [5, 5.41) is 9.24. The van der Waals surface area contributed by atoms with E-state index >= 15 is 0 Å². The van der Waals surface area contributed by atoms with Crippen LogP contribution in [0.5, 0.6) is 0 Å². The van der Waals surface area contributed by atoms with Gasteiger partial charge in [0.05, 0.1) is 0 Å². The minimum Gasteiger partial charge on any atom is -0.398 e. The lowest BCUT2D eigenvalue weighted by Crippen LogP contribution is -2.41. The number of likely N-dealkylation sites (tertiary alicyclic amines) is 1. The van der Waals surface area contributed by atoms with Crippen LogP contribution in [0, 0.1) is 19.8 Å². The number of hydrogen-bond acceptors (Lipinski definition) is 3. The molecule has 0 aliphatic carbocycles. The molecular weight excluding hydrogens is 240 g/mol. The van der Waals surface area contributed by atoms with Gasteiger partial charge in [-0.3, -0.25) is 4.79 Å². The monoisotopic (exact) mass is 262 g/mol. The maximum atomic E-state index is 12.5. The van der Waals surface area contributed by atoms with Crippen LogP contribution in [0.25, 0.3) is 0 Å². The molecule has 1 unspecified atom stereocenters. The Morgan fingerprint density at radius 1 is 1.42 bits per heavy atom. The van der Waals surface area contributed by atoms with Crippen LogP contribution < -0.4 is 5.73 Å². The highest BCUT2D eigenvalue weighted by Gasteiger charge is 2.25. The fraction of sp³-hybridized carbons (Fsp3) is 0.533. The van der Waals surface area contributed by atoms with Crippen LogP contribution in [0.15, 0.2) is 12.1 Å². The van der Waals surface area contributed by atoms with Crippen LogP contribution in [0.1, 0.15) is 34.3 Å². The zero-order valence-electron chi connectivity index (χ0n) is 11.6. The van der Waals surface area contributed by atoms with Gasteiger partial charge in [-0.05, 0) is 49.8 Å².